The molecule has 0 radical (unpaired) electrons. The molecule has 1 atom stereocenters. The molecule has 19 heavy (non-hydrogen) atoms. The largest absolute Gasteiger partial charge is 0.479 e. The van der Waals surface area contributed by atoms with Crippen LogP contribution in [0.15, 0.2) is 5.10 Å². The highest BCUT2D eigenvalue weighted by atomic mass is 16.5. The van der Waals surface area contributed by atoms with Crippen LogP contribution in [0, 0.1) is 0 Å². The van der Waals surface area contributed by atoms with E-state index in [-0.39, 0.29) is 43.5 Å². The lowest BCUT2D eigenvalue weighted by Crippen LogP contribution is -2.51. The van der Waals surface area contributed by atoms with Crippen molar-refractivity contribution in [3.8, 4) is 0 Å². The third kappa shape index (κ3) is 2.90. The minimum absolute atomic E-state index is 0.00481. The summed E-state index contributed by atoms with van der Waals surface area (Å²) in [5.74, 6) is -1.55. The number of carboxylic acids is 1. The van der Waals surface area contributed by atoms with Gasteiger partial charge in [-0.2, -0.15) is 5.10 Å². The minimum Gasteiger partial charge on any atom is -0.479 e. The van der Waals surface area contributed by atoms with E-state index in [2.05, 4.69) is 5.10 Å². The molecule has 2 aliphatic heterocycles. The first kappa shape index (κ1) is 13.5. The molecule has 1 N–H and O–H groups in total. The Bertz CT molecular complexity index is 448. The Morgan fingerprint density at radius 1 is 1.42 bits per heavy atom. The molecule has 0 aromatic rings. The maximum atomic E-state index is 12.2. The van der Waals surface area contributed by atoms with Crippen molar-refractivity contribution in [2.75, 3.05) is 26.7 Å². The average Bonchev–Trinajstić information content (AvgIpc) is 2.41. The van der Waals surface area contributed by atoms with Gasteiger partial charge in [0.15, 0.2) is 6.10 Å². The second-order valence-electron chi connectivity index (χ2n) is 4.41. The molecule has 8 nitrogen and oxygen atoms in total. The molecule has 2 heterocycles. The predicted octanol–water partition coefficient (Wildman–Crippen LogP) is -1.09. The summed E-state index contributed by atoms with van der Waals surface area (Å²) in [5, 5.41) is 14.0. The smallest absolute Gasteiger partial charge is 0.334 e. The van der Waals surface area contributed by atoms with Crippen LogP contribution in [-0.2, 0) is 19.1 Å². The fourth-order valence-corrected chi connectivity index (χ4v) is 1.99. The summed E-state index contributed by atoms with van der Waals surface area (Å²) in [4.78, 5) is 35.7. The number of rotatable bonds is 2. The van der Waals surface area contributed by atoms with E-state index in [4.69, 9.17) is 9.84 Å². The number of hydrogen-bond donors (Lipinski definition) is 1. The Morgan fingerprint density at radius 2 is 2.16 bits per heavy atom. The van der Waals surface area contributed by atoms with Gasteiger partial charge < -0.3 is 14.7 Å². The van der Waals surface area contributed by atoms with Gasteiger partial charge in [-0.1, -0.05) is 0 Å². The van der Waals surface area contributed by atoms with Crippen molar-refractivity contribution >= 4 is 23.5 Å². The molecule has 0 spiro atoms. The number of carbonyl (C=O) groups is 3. The SMILES string of the molecule is CN1N=C(C(=O)N2CCOC(C(=O)O)C2)CCC1=O. The van der Waals surface area contributed by atoms with Crippen LogP contribution in [0.1, 0.15) is 12.8 Å². The van der Waals surface area contributed by atoms with E-state index in [9.17, 15) is 14.4 Å². The van der Waals surface area contributed by atoms with E-state index in [0.717, 1.165) is 5.01 Å². The van der Waals surface area contributed by atoms with Crippen LogP contribution in [0.3, 0.4) is 0 Å². The van der Waals surface area contributed by atoms with Gasteiger partial charge in [-0.25, -0.2) is 9.80 Å². The third-order valence-electron chi connectivity index (χ3n) is 3.08. The summed E-state index contributed by atoms with van der Waals surface area (Å²) in [5.41, 5.74) is 0.285. The number of hydrazone groups is 1. The van der Waals surface area contributed by atoms with Crippen LogP contribution in [-0.4, -0.2) is 71.4 Å². The number of carboxylic acid groups (broad SMARTS) is 1. The molecule has 0 aromatic heterocycles. The lowest BCUT2D eigenvalue weighted by molar-refractivity contribution is -0.157. The summed E-state index contributed by atoms with van der Waals surface area (Å²) >= 11 is 0. The van der Waals surface area contributed by atoms with Crippen molar-refractivity contribution < 1.29 is 24.2 Å². The van der Waals surface area contributed by atoms with E-state index in [1.165, 1.54) is 11.9 Å². The molecule has 1 unspecified atom stereocenters. The molecule has 104 valence electrons. The molecule has 2 rings (SSSR count). The van der Waals surface area contributed by atoms with Crippen LogP contribution in [0.25, 0.3) is 0 Å². The maximum Gasteiger partial charge on any atom is 0.334 e. The van der Waals surface area contributed by atoms with Crippen molar-refractivity contribution in [3.05, 3.63) is 0 Å². The van der Waals surface area contributed by atoms with Crippen LogP contribution < -0.4 is 0 Å². The number of carbonyl (C=O) groups excluding carboxylic acids is 2. The Hall–Kier alpha value is -1.96. The molecule has 1 fully saturated rings. The van der Waals surface area contributed by atoms with Gasteiger partial charge >= 0.3 is 5.97 Å². The summed E-state index contributed by atoms with van der Waals surface area (Å²) in [6.45, 7) is 0.523. The molecule has 8 heteroatoms. The van der Waals surface area contributed by atoms with Crippen molar-refractivity contribution in [2.45, 2.75) is 18.9 Å². The zero-order chi connectivity index (χ0) is 14.0. The molecular formula is C11H15N3O5. The fourth-order valence-electron chi connectivity index (χ4n) is 1.99. The summed E-state index contributed by atoms with van der Waals surface area (Å²) in [6, 6.07) is 0. The molecule has 0 aliphatic carbocycles. The zero-order valence-corrected chi connectivity index (χ0v) is 10.5. The number of ether oxygens (including phenoxy) is 1. The van der Waals surface area contributed by atoms with E-state index in [1.807, 2.05) is 0 Å². The molecule has 2 aliphatic rings. The van der Waals surface area contributed by atoms with Gasteiger partial charge in [0, 0.05) is 26.4 Å². The highest BCUT2D eigenvalue weighted by Crippen LogP contribution is 2.12. The Labute approximate surface area is 109 Å². The van der Waals surface area contributed by atoms with Gasteiger partial charge in [-0.05, 0) is 0 Å². The van der Waals surface area contributed by atoms with Gasteiger partial charge in [0.1, 0.15) is 5.71 Å². The summed E-state index contributed by atoms with van der Waals surface area (Å²) < 4.78 is 5.05. The first-order valence-corrected chi connectivity index (χ1v) is 5.96. The lowest BCUT2D eigenvalue weighted by Gasteiger charge is -2.32. The molecule has 2 amide bonds. The van der Waals surface area contributed by atoms with E-state index >= 15 is 0 Å². The average molecular weight is 269 g/mol. The molecule has 0 saturated carbocycles. The van der Waals surface area contributed by atoms with Gasteiger partial charge in [0.05, 0.1) is 13.2 Å². The highest BCUT2D eigenvalue weighted by Gasteiger charge is 2.32. The van der Waals surface area contributed by atoms with Gasteiger partial charge in [0.25, 0.3) is 5.91 Å². The van der Waals surface area contributed by atoms with Gasteiger partial charge in [-0.15, -0.1) is 0 Å². The van der Waals surface area contributed by atoms with Crippen molar-refractivity contribution in [1.29, 1.82) is 0 Å². The topological polar surface area (TPSA) is 99.5 Å². The number of amides is 2. The Kier molecular flexibility index (Phi) is 3.79. The zero-order valence-electron chi connectivity index (χ0n) is 10.5. The van der Waals surface area contributed by atoms with Crippen molar-refractivity contribution in [1.82, 2.24) is 9.91 Å². The Morgan fingerprint density at radius 3 is 2.79 bits per heavy atom. The minimum atomic E-state index is -1.09. The van der Waals surface area contributed by atoms with Crippen molar-refractivity contribution in [3.63, 3.8) is 0 Å². The number of hydrogen-bond acceptors (Lipinski definition) is 5. The summed E-state index contributed by atoms with van der Waals surface area (Å²) in [6.07, 6.45) is -0.466. The van der Waals surface area contributed by atoms with E-state index in [0.29, 0.717) is 6.54 Å². The van der Waals surface area contributed by atoms with E-state index < -0.39 is 12.1 Å². The first-order valence-electron chi connectivity index (χ1n) is 5.96. The van der Waals surface area contributed by atoms with Crippen LogP contribution >= 0.6 is 0 Å². The first-order chi connectivity index (χ1) is 8.99. The molecular weight excluding hydrogens is 254 g/mol. The van der Waals surface area contributed by atoms with Crippen LogP contribution in [0.2, 0.25) is 0 Å². The predicted molar refractivity (Wildman–Crippen MR) is 63.4 cm³/mol. The second kappa shape index (κ2) is 5.35. The number of aliphatic carboxylic acids is 1. The number of morpholine rings is 1. The normalized spacial score (nSPS) is 24.2. The van der Waals surface area contributed by atoms with Crippen LogP contribution in [0.4, 0.5) is 0 Å². The van der Waals surface area contributed by atoms with Crippen molar-refractivity contribution in [2.24, 2.45) is 5.10 Å². The third-order valence-corrected chi connectivity index (χ3v) is 3.08. The molecule has 1 saturated heterocycles. The van der Waals surface area contributed by atoms with Crippen LogP contribution in [0.5, 0.6) is 0 Å². The molecule has 0 aromatic carbocycles. The number of nitrogens with zero attached hydrogens (tertiary/aromatic N) is 3. The van der Waals surface area contributed by atoms with Gasteiger partial charge in [-0.3, -0.25) is 9.59 Å². The molecule has 0 bridgehead atoms. The monoisotopic (exact) mass is 269 g/mol. The van der Waals surface area contributed by atoms with E-state index in [1.54, 1.807) is 0 Å². The maximum absolute atomic E-state index is 12.2. The van der Waals surface area contributed by atoms with Gasteiger partial charge in [0.2, 0.25) is 5.91 Å². The standard InChI is InChI=1S/C11H15N3O5/c1-13-9(15)3-2-7(12-13)10(16)14-4-5-19-8(6-14)11(17)18/h8H,2-6H2,1H3,(H,17,18). The quantitative estimate of drug-likeness (QED) is 0.686. The highest BCUT2D eigenvalue weighted by molar-refractivity contribution is 6.39. The lowest BCUT2D eigenvalue weighted by atomic mass is 10.1. The second-order valence-corrected chi connectivity index (χ2v) is 4.41. The summed E-state index contributed by atoms with van der Waals surface area (Å²) in [7, 11) is 1.49. The Balaban J connectivity index is 2.05. The fraction of sp³-hybridized carbons (Fsp3) is 0.636.